The molecule has 0 unspecified atom stereocenters. The van der Waals surface area contributed by atoms with Crippen LogP contribution in [0.25, 0.3) is 0 Å². The summed E-state index contributed by atoms with van der Waals surface area (Å²) in [6.07, 6.45) is 1.31. The second-order valence-electron chi connectivity index (χ2n) is 5.86. The van der Waals surface area contributed by atoms with Gasteiger partial charge in [-0.15, -0.1) is 0 Å². The molecule has 2 aromatic rings. The average molecular weight is 360 g/mol. The number of esters is 1. The van der Waals surface area contributed by atoms with E-state index in [4.69, 9.17) is 16.3 Å². The van der Waals surface area contributed by atoms with E-state index in [1.54, 1.807) is 24.3 Å². The summed E-state index contributed by atoms with van der Waals surface area (Å²) < 4.78 is 5.12. The van der Waals surface area contributed by atoms with Gasteiger partial charge in [-0.1, -0.05) is 53.6 Å². The Morgan fingerprint density at radius 3 is 2.32 bits per heavy atom. The fourth-order valence-electron chi connectivity index (χ4n) is 2.28. The Morgan fingerprint density at radius 2 is 1.64 bits per heavy atom. The lowest BCUT2D eigenvalue weighted by atomic mass is 10.1. The first-order valence-electron chi connectivity index (χ1n) is 8.25. The first kappa shape index (κ1) is 19.0. The lowest BCUT2D eigenvalue weighted by Crippen LogP contribution is -2.28. The largest absolute Gasteiger partial charge is 0.464 e. The van der Waals surface area contributed by atoms with Crippen molar-refractivity contribution in [3.05, 3.63) is 70.2 Å². The third-order valence-electron chi connectivity index (χ3n) is 3.71. The van der Waals surface area contributed by atoms with Crippen molar-refractivity contribution in [1.82, 2.24) is 5.32 Å². The Balaban J connectivity index is 1.58. The first-order chi connectivity index (χ1) is 12.0. The van der Waals surface area contributed by atoms with Gasteiger partial charge in [0, 0.05) is 11.4 Å². The number of ether oxygens (including phenoxy) is 1. The number of aryl methyl sites for hydroxylation is 2. The lowest BCUT2D eigenvalue weighted by molar-refractivity contribution is -0.143. The number of carbonyl (C=O) groups excluding carboxylic acids is 2. The van der Waals surface area contributed by atoms with Crippen LogP contribution in [-0.4, -0.2) is 25.0 Å². The van der Waals surface area contributed by atoms with Crippen LogP contribution < -0.4 is 5.32 Å². The second-order valence-corrected chi connectivity index (χ2v) is 6.30. The summed E-state index contributed by atoms with van der Waals surface area (Å²) in [5.41, 5.74) is 3.18. The van der Waals surface area contributed by atoms with Crippen LogP contribution >= 0.6 is 11.6 Å². The molecular weight excluding hydrogens is 338 g/mol. The smallest absolute Gasteiger partial charge is 0.310 e. The molecule has 1 N–H and O–H groups in total. The van der Waals surface area contributed by atoms with Crippen LogP contribution in [0.5, 0.6) is 0 Å². The molecule has 0 aliphatic rings. The Hall–Kier alpha value is -2.33. The van der Waals surface area contributed by atoms with Crippen molar-refractivity contribution < 1.29 is 14.3 Å². The molecule has 5 heteroatoms. The minimum atomic E-state index is -0.323. The number of nitrogens with one attached hydrogen (secondary N) is 1. The number of hydrogen-bond donors (Lipinski definition) is 1. The molecule has 0 radical (unpaired) electrons. The molecule has 0 aliphatic heterocycles. The van der Waals surface area contributed by atoms with Gasteiger partial charge in [0.2, 0.25) is 5.91 Å². The number of amides is 1. The maximum atomic E-state index is 11.8. The van der Waals surface area contributed by atoms with Crippen molar-refractivity contribution in [3.63, 3.8) is 0 Å². The van der Waals surface area contributed by atoms with Gasteiger partial charge >= 0.3 is 5.97 Å². The Morgan fingerprint density at radius 1 is 1.00 bits per heavy atom. The van der Waals surface area contributed by atoms with Crippen LogP contribution in [0, 0.1) is 6.92 Å². The fraction of sp³-hybridized carbons (Fsp3) is 0.300. The summed E-state index contributed by atoms with van der Waals surface area (Å²) in [7, 11) is 0. The molecular formula is C20H22ClNO3. The molecule has 2 aromatic carbocycles. The molecule has 0 aliphatic carbocycles. The lowest BCUT2D eigenvalue weighted by Gasteiger charge is -2.07. The highest BCUT2D eigenvalue weighted by molar-refractivity contribution is 6.30. The van der Waals surface area contributed by atoms with E-state index >= 15 is 0 Å². The van der Waals surface area contributed by atoms with Crippen LogP contribution in [0.3, 0.4) is 0 Å². The molecule has 0 atom stereocenters. The maximum Gasteiger partial charge on any atom is 0.310 e. The Labute approximate surface area is 153 Å². The number of hydrogen-bond acceptors (Lipinski definition) is 3. The van der Waals surface area contributed by atoms with Gasteiger partial charge < -0.3 is 10.1 Å². The Bertz CT molecular complexity index is 696. The zero-order valence-electron chi connectivity index (χ0n) is 14.3. The summed E-state index contributed by atoms with van der Waals surface area (Å²) in [5.74, 6) is -0.370. The van der Waals surface area contributed by atoms with Crippen molar-refractivity contribution in [3.8, 4) is 0 Å². The third kappa shape index (κ3) is 7.40. The average Bonchev–Trinajstić information content (AvgIpc) is 2.60. The molecule has 0 saturated carbocycles. The van der Waals surface area contributed by atoms with Crippen LogP contribution in [-0.2, 0) is 27.2 Å². The SMILES string of the molecule is Cc1ccc(CCC(=O)NCCOC(=O)Cc2ccc(Cl)cc2)cc1. The van der Waals surface area contributed by atoms with E-state index in [0.29, 0.717) is 24.4 Å². The van der Waals surface area contributed by atoms with Gasteiger partial charge in [0.15, 0.2) is 0 Å². The third-order valence-corrected chi connectivity index (χ3v) is 3.96. The topological polar surface area (TPSA) is 55.4 Å². The van der Waals surface area contributed by atoms with Gasteiger partial charge in [0.1, 0.15) is 6.61 Å². The van der Waals surface area contributed by atoms with Crippen molar-refractivity contribution in [1.29, 1.82) is 0 Å². The quantitative estimate of drug-likeness (QED) is 0.580. The van der Waals surface area contributed by atoms with Gasteiger partial charge in [-0.3, -0.25) is 9.59 Å². The summed E-state index contributed by atoms with van der Waals surface area (Å²) in [6, 6.07) is 15.2. The molecule has 0 saturated heterocycles. The van der Waals surface area contributed by atoms with Crippen molar-refractivity contribution in [2.24, 2.45) is 0 Å². The van der Waals surface area contributed by atoms with Crippen molar-refractivity contribution in [2.75, 3.05) is 13.2 Å². The maximum absolute atomic E-state index is 11.8. The highest BCUT2D eigenvalue weighted by atomic mass is 35.5. The predicted molar refractivity (Wildman–Crippen MR) is 98.6 cm³/mol. The minimum absolute atomic E-state index is 0.0469. The second kappa shape index (κ2) is 9.84. The van der Waals surface area contributed by atoms with Crippen LogP contribution in [0.1, 0.15) is 23.1 Å². The normalized spacial score (nSPS) is 10.3. The molecule has 132 valence electrons. The zero-order chi connectivity index (χ0) is 18.1. The van der Waals surface area contributed by atoms with Gasteiger partial charge in [0.25, 0.3) is 0 Å². The van der Waals surface area contributed by atoms with Crippen LogP contribution in [0.15, 0.2) is 48.5 Å². The van der Waals surface area contributed by atoms with E-state index in [2.05, 4.69) is 5.32 Å². The molecule has 0 spiro atoms. The van der Waals surface area contributed by atoms with E-state index < -0.39 is 0 Å². The predicted octanol–water partition coefficient (Wildman–Crippen LogP) is 3.48. The van der Waals surface area contributed by atoms with Crippen molar-refractivity contribution >= 4 is 23.5 Å². The molecule has 4 nitrogen and oxygen atoms in total. The molecule has 1 amide bonds. The standard InChI is InChI=1S/C20H22ClNO3/c1-15-2-4-16(5-3-15)8-11-19(23)22-12-13-25-20(24)14-17-6-9-18(21)10-7-17/h2-7,9-10H,8,11-14H2,1H3,(H,22,23). The van der Waals surface area contributed by atoms with Gasteiger partial charge in [0.05, 0.1) is 13.0 Å². The molecule has 0 heterocycles. The molecule has 0 aromatic heterocycles. The summed E-state index contributed by atoms with van der Waals surface area (Å²) in [5, 5.41) is 3.39. The summed E-state index contributed by atoms with van der Waals surface area (Å²) >= 11 is 5.80. The molecule has 2 rings (SSSR count). The van der Waals surface area contributed by atoms with E-state index in [-0.39, 0.29) is 24.9 Å². The molecule has 0 bridgehead atoms. The monoisotopic (exact) mass is 359 g/mol. The molecule has 0 fully saturated rings. The van der Waals surface area contributed by atoms with Gasteiger partial charge in [-0.25, -0.2) is 0 Å². The van der Waals surface area contributed by atoms with Crippen LogP contribution in [0.4, 0.5) is 0 Å². The number of carbonyl (C=O) groups is 2. The van der Waals surface area contributed by atoms with E-state index in [9.17, 15) is 9.59 Å². The number of halogens is 1. The number of benzene rings is 2. The minimum Gasteiger partial charge on any atom is -0.464 e. The fourth-order valence-corrected chi connectivity index (χ4v) is 2.40. The zero-order valence-corrected chi connectivity index (χ0v) is 15.0. The summed E-state index contributed by atoms with van der Waals surface area (Å²) in [4.78, 5) is 23.5. The highest BCUT2D eigenvalue weighted by Gasteiger charge is 2.06. The highest BCUT2D eigenvalue weighted by Crippen LogP contribution is 2.10. The Kier molecular flexibility index (Phi) is 7.48. The van der Waals surface area contributed by atoms with E-state index in [0.717, 1.165) is 11.1 Å². The molecule has 25 heavy (non-hydrogen) atoms. The first-order valence-corrected chi connectivity index (χ1v) is 8.63. The number of rotatable bonds is 8. The summed E-state index contributed by atoms with van der Waals surface area (Å²) in [6.45, 7) is 2.52. The van der Waals surface area contributed by atoms with Gasteiger partial charge in [-0.05, 0) is 36.6 Å². The van der Waals surface area contributed by atoms with E-state index in [1.165, 1.54) is 5.56 Å². The van der Waals surface area contributed by atoms with Gasteiger partial charge in [-0.2, -0.15) is 0 Å². The van der Waals surface area contributed by atoms with E-state index in [1.807, 2.05) is 31.2 Å². The van der Waals surface area contributed by atoms with Crippen LogP contribution in [0.2, 0.25) is 5.02 Å². The van der Waals surface area contributed by atoms with Crippen molar-refractivity contribution in [2.45, 2.75) is 26.2 Å².